The Bertz CT molecular complexity index is 1280. The van der Waals surface area contributed by atoms with Crippen LogP contribution in [0.1, 0.15) is 38.1 Å². The lowest BCUT2D eigenvalue weighted by Crippen LogP contribution is -2.47. The predicted molar refractivity (Wildman–Crippen MR) is 135 cm³/mol. The number of benzene rings is 3. The van der Waals surface area contributed by atoms with E-state index in [0.717, 1.165) is 10.8 Å². The molecule has 0 saturated carbocycles. The Hall–Kier alpha value is -3.23. The summed E-state index contributed by atoms with van der Waals surface area (Å²) in [4.78, 5) is 26.2. The van der Waals surface area contributed by atoms with Gasteiger partial charge >= 0.3 is 0 Å². The minimum atomic E-state index is -3.71. The molecule has 0 saturated heterocycles. The van der Waals surface area contributed by atoms with Gasteiger partial charge in [-0.05, 0) is 35.6 Å². The largest absolute Gasteiger partial charge is 0.340 e. The quantitative estimate of drug-likeness (QED) is 0.477. The highest BCUT2D eigenvalue weighted by atomic mass is 32.2. The van der Waals surface area contributed by atoms with Gasteiger partial charge in [0.05, 0.1) is 4.90 Å². The third-order valence-electron chi connectivity index (χ3n) is 5.72. The topological polar surface area (TPSA) is 95.6 Å². The van der Waals surface area contributed by atoms with Crippen molar-refractivity contribution in [2.75, 3.05) is 18.4 Å². The van der Waals surface area contributed by atoms with Gasteiger partial charge in [-0.25, -0.2) is 8.42 Å². The molecule has 0 radical (unpaired) electrons. The Kier molecular flexibility index (Phi) is 8.06. The average molecular weight is 482 g/mol. The van der Waals surface area contributed by atoms with Gasteiger partial charge in [-0.3, -0.25) is 9.59 Å². The average Bonchev–Trinajstić information content (AvgIpc) is 2.83. The zero-order valence-electron chi connectivity index (χ0n) is 19.9. The molecule has 8 heteroatoms. The highest BCUT2D eigenvalue weighted by molar-refractivity contribution is 7.89. The van der Waals surface area contributed by atoms with Crippen molar-refractivity contribution in [3.05, 3.63) is 72.3 Å². The molecule has 3 aromatic carbocycles. The Morgan fingerprint density at radius 2 is 1.56 bits per heavy atom. The fourth-order valence-corrected chi connectivity index (χ4v) is 5.32. The van der Waals surface area contributed by atoms with E-state index in [1.54, 1.807) is 13.8 Å². The first kappa shape index (κ1) is 25.4. The van der Waals surface area contributed by atoms with Crippen LogP contribution < -0.4 is 10.6 Å². The SMILES string of the molecule is CCN(CC)S(=O)(=O)c1cccc(C(=O)NC(C(=O)Nc2cccc3ccccc23)C(C)C)c1. The van der Waals surface area contributed by atoms with Gasteiger partial charge in [-0.15, -0.1) is 0 Å². The predicted octanol–water partition coefficient (Wildman–Crippen LogP) is 4.26. The fourth-order valence-electron chi connectivity index (χ4n) is 3.81. The molecule has 0 heterocycles. The standard InChI is InChI=1S/C26H31N3O4S/c1-5-29(6-2)34(32,33)21-14-9-13-20(17-21)25(30)28-24(18(3)4)26(31)27-23-16-10-12-19-11-7-8-15-22(19)23/h7-18,24H,5-6H2,1-4H3,(H,27,31)(H,28,30). The molecule has 34 heavy (non-hydrogen) atoms. The smallest absolute Gasteiger partial charge is 0.251 e. The van der Waals surface area contributed by atoms with Gasteiger partial charge in [-0.1, -0.05) is 70.2 Å². The van der Waals surface area contributed by atoms with E-state index < -0.39 is 22.0 Å². The van der Waals surface area contributed by atoms with E-state index >= 15 is 0 Å². The lowest BCUT2D eigenvalue weighted by molar-refractivity contribution is -0.118. The highest BCUT2D eigenvalue weighted by Crippen LogP contribution is 2.24. The second kappa shape index (κ2) is 10.8. The van der Waals surface area contributed by atoms with E-state index in [1.165, 1.54) is 28.6 Å². The van der Waals surface area contributed by atoms with Crippen LogP contribution in [0.3, 0.4) is 0 Å². The second-order valence-electron chi connectivity index (χ2n) is 8.33. The van der Waals surface area contributed by atoms with Gasteiger partial charge in [0.15, 0.2) is 0 Å². The summed E-state index contributed by atoms with van der Waals surface area (Å²) < 4.78 is 27.0. The summed E-state index contributed by atoms with van der Waals surface area (Å²) in [6.07, 6.45) is 0. The molecule has 0 bridgehead atoms. The van der Waals surface area contributed by atoms with Crippen LogP contribution in [0.25, 0.3) is 10.8 Å². The molecule has 0 aliphatic heterocycles. The van der Waals surface area contributed by atoms with Crippen LogP contribution in [0.4, 0.5) is 5.69 Å². The van der Waals surface area contributed by atoms with Crippen molar-refractivity contribution in [2.45, 2.75) is 38.6 Å². The minimum absolute atomic E-state index is 0.0464. The lowest BCUT2D eigenvalue weighted by Gasteiger charge is -2.23. The minimum Gasteiger partial charge on any atom is -0.340 e. The first-order valence-electron chi connectivity index (χ1n) is 11.4. The molecule has 0 aliphatic rings. The summed E-state index contributed by atoms with van der Waals surface area (Å²) in [5.74, 6) is -1.04. The molecule has 3 rings (SSSR count). The zero-order chi connectivity index (χ0) is 24.9. The van der Waals surface area contributed by atoms with Gasteiger partial charge in [-0.2, -0.15) is 4.31 Å². The fraction of sp³-hybridized carbons (Fsp3) is 0.308. The first-order chi connectivity index (χ1) is 16.2. The number of rotatable bonds is 9. The van der Waals surface area contributed by atoms with Crippen LogP contribution >= 0.6 is 0 Å². The first-order valence-corrected chi connectivity index (χ1v) is 12.8. The van der Waals surface area contributed by atoms with Crippen LogP contribution in [0, 0.1) is 5.92 Å². The van der Waals surface area contributed by atoms with Crippen LogP contribution in [-0.2, 0) is 14.8 Å². The molecule has 1 unspecified atom stereocenters. The molecule has 7 nitrogen and oxygen atoms in total. The molecule has 0 fully saturated rings. The number of hydrogen-bond acceptors (Lipinski definition) is 4. The number of carbonyl (C=O) groups excluding carboxylic acids is 2. The lowest BCUT2D eigenvalue weighted by atomic mass is 10.0. The number of fused-ring (bicyclic) bond motifs is 1. The summed E-state index contributed by atoms with van der Waals surface area (Å²) in [5, 5.41) is 7.61. The Morgan fingerprint density at radius 3 is 2.24 bits per heavy atom. The molecular weight excluding hydrogens is 450 g/mol. The van der Waals surface area contributed by atoms with E-state index in [0.29, 0.717) is 18.8 Å². The summed E-state index contributed by atoms with van der Waals surface area (Å²) >= 11 is 0. The van der Waals surface area contributed by atoms with Gasteiger partial charge in [0, 0.05) is 29.7 Å². The number of amides is 2. The third kappa shape index (κ3) is 5.46. The Morgan fingerprint density at radius 1 is 0.912 bits per heavy atom. The molecule has 2 N–H and O–H groups in total. The van der Waals surface area contributed by atoms with Gasteiger partial charge in [0.25, 0.3) is 5.91 Å². The summed E-state index contributed by atoms with van der Waals surface area (Å²) in [7, 11) is -3.71. The zero-order valence-corrected chi connectivity index (χ0v) is 20.7. The van der Waals surface area contributed by atoms with E-state index in [1.807, 2.05) is 56.3 Å². The molecule has 0 aromatic heterocycles. The number of anilines is 1. The highest BCUT2D eigenvalue weighted by Gasteiger charge is 2.27. The number of hydrogen-bond donors (Lipinski definition) is 2. The van der Waals surface area contributed by atoms with Crippen LogP contribution in [0.5, 0.6) is 0 Å². The maximum Gasteiger partial charge on any atom is 0.251 e. The van der Waals surface area contributed by atoms with Crippen molar-refractivity contribution >= 4 is 38.3 Å². The van der Waals surface area contributed by atoms with Crippen molar-refractivity contribution in [2.24, 2.45) is 5.92 Å². The van der Waals surface area contributed by atoms with Crippen molar-refractivity contribution in [3.63, 3.8) is 0 Å². The molecule has 2 amide bonds. The Labute approximate surface area is 201 Å². The van der Waals surface area contributed by atoms with E-state index in [-0.39, 0.29) is 22.3 Å². The summed E-state index contributed by atoms with van der Waals surface area (Å²) in [6, 6.07) is 18.5. The molecule has 0 aliphatic carbocycles. The van der Waals surface area contributed by atoms with Crippen molar-refractivity contribution in [3.8, 4) is 0 Å². The summed E-state index contributed by atoms with van der Waals surface area (Å²) in [5.41, 5.74) is 0.840. The number of sulfonamides is 1. The van der Waals surface area contributed by atoms with Crippen molar-refractivity contribution in [1.29, 1.82) is 0 Å². The van der Waals surface area contributed by atoms with E-state index in [2.05, 4.69) is 10.6 Å². The monoisotopic (exact) mass is 481 g/mol. The number of nitrogens with one attached hydrogen (secondary N) is 2. The maximum atomic E-state index is 13.1. The van der Waals surface area contributed by atoms with E-state index in [4.69, 9.17) is 0 Å². The van der Waals surface area contributed by atoms with Crippen LogP contribution in [0.15, 0.2) is 71.6 Å². The normalized spacial score (nSPS) is 12.6. The van der Waals surface area contributed by atoms with Crippen LogP contribution in [0.2, 0.25) is 0 Å². The van der Waals surface area contributed by atoms with Crippen LogP contribution in [-0.4, -0.2) is 43.7 Å². The van der Waals surface area contributed by atoms with Crippen molar-refractivity contribution in [1.82, 2.24) is 9.62 Å². The second-order valence-corrected chi connectivity index (χ2v) is 10.3. The van der Waals surface area contributed by atoms with Crippen molar-refractivity contribution < 1.29 is 18.0 Å². The van der Waals surface area contributed by atoms with Gasteiger partial charge in [0.2, 0.25) is 15.9 Å². The Balaban J connectivity index is 1.82. The maximum absolute atomic E-state index is 13.1. The molecule has 1 atom stereocenters. The number of nitrogens with zero attached hydrogens (tertiary/aromatic N) is 1. The molecular formula is C26H31N3O4S. The van der Waals surface area contributed by atoms with E-state index in [9.17, 15) is 18.0 Å². The molecule has 3 aromatic rings. The summed E-state index contributed by atoms with van der Waals surface area (Å²) in [6.45, 7) is 7.88. The van der Waals surface area contributed by atoms with Gasteiger partial charge in [0.1, 0.15) is 6.04 Å². The van der Waals surface area contributed by atoms with Gasteiger partial charge < -0.3 is 10.6 Å². The third-order valence-corrected chi connectivity index (χ3v) is 7.77. The molecule has 0 spiro atoms. The number of carbonyl (C=O) groups is 2. The molecule has 180 valence electrons.